The van der Waals surface area contributed by atoms with Gasteiger partial charge in [0.1, 0.15) is 0 Å². The largest absolute Gasteiger partial charge is 0.326 e. The second-order valence-electron chi connectivity index (χ2n) is 5.88. The van der Waals surface area contributed by atoms with E-state index in [1.165, 1.54) is 12.1 Å². The average molecular weight is 356 g/mol. The molecule has 2 heterocycles. The molecule has 0 fully saturated rings. The van der Waals surface area contributed by atoms with Gasteiger partial charge in [-0.15, -0.1) is 0 Å². The van der Waals surface area contributed by atoms with Gasteiger partial charge >= 0.3 is 0 Å². The molecule has 8 heteroatoms. The van der Waals surface area contributed by atoms with Gasteiger partial charge in [0.15, 0.2) is 0 Å². The van der Waals surface area contributed by atoms with Crippen molar-refractivity contribution in [2.45, 2.75) is 24.8 Å². The predicted molar refractivity (Wildman–Crippen MR) is 95.0 cm³/mol. The molecule has 4 rings (SSSR count). The fourth-order valence-electron chi connectivity index (χ4n) is 2.97. The molecule has 2 N–H and O–H groups in total. The second-order valence-corrected chi connectivity index (χ2v) is 7.57. The zero-order valence-electron chi connectivity index (χ0n) is 13.5. The summed E-state index contributed by atoms with van der Waals surface area (Å²) in [6, 6.07) is 9.94. The summed E-state index contributed by atoms with van der Waals surface area (Å²) in [5, 5.41) is 7.90. The van der Waals surface area contributed by atoms with Crippen molar-refractivity contribution in [1.82, 2.24) is 9.78 Å². The summed E-state index contributed by atoms with van der Waals surface area (Å²) in [7, 11) is -3.74. The number of nitrogens with zero attached hydrogens (tertiary/aromatic N) is 2. The van der Waals surface area contributed by atoms with Crippen LogP contribution in [0.4, 0.5) is 11.4 Å². The summed E-state index contributed by atoms with van der Waals surface area (Å²) in [5.74, 6) is -0.129. The van der Waals surface area contributed by atoms with Crippen LogP contribution in [-0.4, -0.2) is 24.1 Å². The van der Waals surface area contributed by atoms with Crippen LogP contribution in [0.1, 0.15) is 12.5 Å². The minimum atomic E-state index is -3.74. The summed E-state index contributed by atoms with van der Waals surface area (Å²) in [6.07, 6.45) is 1.95. The standard InChI is InChI=1S/C17H16N4O3S/c1-2-21-16-9-13(4-3-11(16)10-18-21)20-25(23,24)14-5-6-15-12(7-14)8-17(22)19-15/h3-7,9-10,20H,2,8H2,1H3,(H,19,22). The van der Waals surface area contributed by atoms with Crippen LogP contribution in [0.25, 0.3) is 10.9 Å². The number of hydrogen-bond acceptors (Lipinski definition) is 4. The van der Waals surface area contributed by atoms with E-state index in [1.807, 2.05) is 13.0 Å². The number of anilines is 2. The van der Waals surface area contributed by atoms with Crippen LogP contribution in [0.3, 0.4) is 0 Å². The Kier molecular flexibility index (Phi) is 3.50. The maximum atomic E-state index is 12.7. The Morgan fingerprint density at radius 3 is 2.88 bits per heavy atom. The van der Waals surface area contributed by atoms with Gasteiger partial charge < -0.3 is 5.32 Å². The third-order valence-electron chi connectivity index (χ3n) is 4.21. The van der Waals surface area contributed by atoms with Crippen LogP contribution in [0.5, 0.6) is 0 Å². The lowest BCUT2D eigenvalue weighted by Crippen LogP contribution is -2.13. The van der Waals surface area contributed by atoms with Crippen LogP contribution >= 0.6 is 0 Å². The first-order chi connectivity index (χ1) is 12.0. The molecule has 0 bridgehead atoms. The molecular weight excluding hydrogens is 340 g/mol. The molecule has 1 aliphatic rings. The molecule has 0 spiro atoms. The molecule has 1 amide bonds. The van der Waals surface area contributed by atoms with Crippen molar-refractivity contribution in [3.05, 3.63) is 48.2 Å². The maximum Gasteiger partial charge on any atom is 0.261 e. The van der Waals surface area contributed by atoms with Crippen molar-refractivity contribution in [3.63, 3.8) is 0 Å². The van der Waals surface area contributed by atoms with E-state index in [2.05, 4.69) is 15.1 Å². The number of carbonyl (C=O) groups is 1. The topological polar surface area (TPSA) is 93.1 Å². The molecule has 1 aromatic heterocycles. The van der Waals surface area contributed by atoms with Crippen LogP contribution in [0, 0.1) is 0 Å². The van der Waals surface area contributed by atoms with E-state index in [0.717, 1.165) is 10.9 Å². The zero-order valence-corrected chi connectivity index (χ0v) is 14.3. The van der Waals surface area contributed by atoms with E-state index in [4.69, 9.17) is 0 Å². The fraction of sp³-hybridized carbons (Fsp3) is 0.176. The summed E-state index contributed by atoms with van der Waals surface area (Å²) < 4.78 is 29.7. The average Bonchev–Trinajstić information content (AvgIpc) is 3.15. The van der Waals surface area contributed by atoms with Crippen LogP contribution in [-0.2, 0) is 27.8 Å². The van der Waals surface area contributed by atoms with Crippen LogP contribution in [0.2, 0.25) is 0 Å². The Morgan fingerprint density at radius 2 is 2.08 bits per heavy atom. The van der Waals surface area contributed by atoms with Gasteiger partial charge in [-0.25, -0.2) is 8.42 Å². The monoisotopic (exact) mass is 356 g/mol. The molecule has 2 aromatic carbocycles. The molecule has 7 nitrogen and oxygen atoms in total. The van der Waals surface area contributed by atoms with Crippen molar-refractivity contribution in [2.75, 3.05) is 10.0 Å². The van der Waals surface area contributed by atoms with E-state index >= 15 is 0 Å². The van der Waals surface area contributed by atoms with Crippen molar-refractivity contribution < 1.29 is 13.2 Å². The molecule has 3 aromatic rings. The number of nitrogens with one attached hydrogen (secondary N) is 2. The quantitative estimate of drug-likeness (QED) is 0.750. The van der Waals surface area contributed by atoms with Gasteiger partial charge in [-0.05, 0) is 48.9 Å². The SMILES string of the molecule is CCn1ncc2ccc(NS(=O)(=O)c3ccc4c(c3)CC(=O)N4)cc21. The summed E-state index contributed by atoms with van der Waals surface area (Å²) in [4.78, 5) is 11.6. The fourth-order valence-corrected chi connectivity index (χ4v) is 4.07. The number of aromatic nitrogens is 2. The highest BCUT2D eigenvalue weighted by Gasteiger charge is 2.22. The number of hydrogen-bond donors (Lipinski definition) is 2. The Bertz CT molecular complexity index is 1100. The predicted octanol–water partition coefficient (Wildman–Crippen LogP) is 2.35. The highest BCUT2D eigenvalue weighted by Crippen LogP contribution is 2.27. The van der Waals surface area contributed by atoms with Gasteiger partial charge in [-0.1, -0.05) is 0 Å². The normalized spacial score (nSPS) is 13.7. The smallest absolute Gasteiger partial charge is 0.261 e. The molecule has 0 atom stereocenters. The van der Waals surface area contributed by atoms with E-state index in [9.17, 15) is 13.2 Å². The summed E-state index contributed by atoms with van der Waals surface area (Å²) >= 11 is 0. The number of aryl methyl sites for hydroxylation is 1. The van der Waals surface area contributed by atoms with Gasteiger partial charge in [-0.3, -0.25) is 14.2 Å². The Balaban J connectivity index is 1.68. The van der Waals surface area contributed by atoms with E-state index < -0.39 is 10.0 Å². The minimum absolute atomic E-state index is 0.129. The van der Waals surface area contributed by atoms with Crippen molar-refractivity contribution in [2.24, 2.45) is 0 Å². The van der Waals surface area contributed by atoms with E-state index in [-0.39, 0.29) is 17.2 Å². The number of fused-ring (bicyclic) bond motifs is 2. The minimum Gasteiger partial charge on any atom is -0.326 e. The number of amides is 1. The van der Waals surface area contributed by atoms with Gasteiger partial charge in [0, 0.05) is 17.6 Å². The van der Waals surface area contributed by atoms with Gasteiger partial charge in [0.2, 0.25) is 5.91 Å². The highest BCUT2D eigenvalue weighted by molar-refractivity contribution is 7.92. The first kappa shape index (κ1) is 15.6. The van der Waals surface area contributed by atoms with Gasteiger partial charge in [-0.2, -0.15) is 5.10 Å². The first-order valence-corrected chi connectivity index (χ1v) is 9.36. The zero-order chi connectivity index (χ0) is 17.6. The molecule has 128 valence electrons. The lowest BCUT2D eigenvalue weighted by atomic mass is 10.2. The number of rotatable bonds is 4. The number of benzene rings is 2. The molecule has 0 saturated carbocycles. The highest BCUT2D eigenvalue weighted by atomic mass is 32.2. The Morgan fingerprint density at radius 1 is 1.24 bits per heavy atom. The van der Waals surface area contributed by atoms with Crippen LogP contribution in [0.15, 0.2) is 47.5 Å². The molecule has 25 heavy (non-hydrogen) atoms. The number of sulfonamides is 1. The van der Waals surface area contributed by atoms with E-state index in [1.54, 1.807) is 29.1 Å². The Labute approximate surface area is 144 Å². The summed E-state index contributed by atoms with van der Waals surface area (Å²) in [6.45, 7) is 2.68. The van der Waals surface area contributed by atoms with Crippen molar-refractivity contribution >= 4 is 38.2 Å². The number of carbonyl (C=O) groups excluding carboxylic acids is 1. The molecule has 1 aliphatic heterocycles. The van der Waals surface area contributed by atoms with Crippen molar-refractivity contribution in [3.8, 4) is 0 Å². The third-order valence-corrected chi connectivity index (χ3v) is 5.59. The third kappa shape index (κ3) is 2.74. The molecule has 0 aliphatic carbocycles. The maximum absolute atomic E-state index is 12.7. The molecule has 0 unspecified atom stereocenters. The van der Waals surface area contributed by atoms with Crippen LogP contribution < -0.4 is 10.0 Å². The van der Waals surface area contributed by atoms with Gasteiger partial charge in [0.05, 0.1) is 28.7 Å². The molecule has 0 radical (unpaired) electrons. The second kappa shape index (κ2) is 5.59. The summed E-state index contributed by atoms with van der Waals surface area (Å²) in [5.41, 5.74) is 2.69. The Hall–Kier alpha value is -2.87. The van der Waals surface area contributed by atoms with E-state index in [0.29, 0.717) is 23.5 Å². The first-order valence-electron chi connectivity index (χ1n) is 7.87. The van der Waals surface area contributed by atoms with Gasteiger partial charge in [0.25, 0.3) is 10.0 Å². The molecule has 0 saturated heterocycles. The lowest BCUT2D eigenvalue weighted by molar-refractivity contribution is -0.115. The lowest BCUT2D eigenvalue weighted by Gasteiger charge is -2.10. The van der Waals surface area contributed by atoms with Crippen molar-refractivity contribution in [1.29, 1.82) is 0 Å². The molecular formula is C17H16N4O3S.